The first-order valence-corrected chi connectivity index (χ1v) is 3.75. The van der Waals surface area contributed by atoms with E-state index in [0.29, 0.717) is 0 Å². The first-order valence-electron chi connectivity index (χ1n) is 3.75. The summed E-state index contributed by atoms with van der Waals surface area (Å²) in [7, 11) is 0. The standard InChI is InChI=1S/C9H8N3.Os/c1-7-6-9(12-11-7)8-4-2-3-5-10-8;/h2-6H,1H3;/q-1;+1. The van der Waals surface area contributed by atoms with E-state index in [1.807, 2.05) is 31.2 Å². The van der Waals surface area contributed by atoms with Gasteiger partial charge in [0.1, 0.15) is 0 Å². The Hall–Kier alpha value is -1.00. The maximum Gasteiger partial charge on any atom is 1.00 e. The van der Waals surface area contributed by atoms with E-state index >= 15 is 0 Å². The van der Waals surface area contributed by atoms with Crippen molar-refractivity contribution in [3.63, 3.8) is 0 Å². The van der Waals surface area contributed by atoms with Crippen LogP contribution in [0.4, 0.5) is 0 Å². The molecule has 2 aromatic rings. The number of hydrogen-bond donors (Lipinski definition) is 0. The zero-order valence-corrected chi connectivity index (χ0v) is 9.62. The van der Waals surface area contributed by atoms with E-state index in [2.05, 4.69) is 15.2 Å². The second-order valence-corrected chi connectivity index (χ2v) is 2.59. The second kappa shape index (κ2) is 4.29. The molecule has 4 heteroatoms. The van der Waals surface area contributed by atoms with Crippen LogP contribution in [-0.2, 0) is 19.8 Å². The maximum atomic E-state index is 4.16. The first kappa shape index (κ1) is 10.1. The Morgan fingerprint density at radius 3 is 2.69 bits per heavy atom. The number of pyridine rings is 1. The molecule has 2 heterocycles. The SMILES string of the molecule is Cc1cc(-c2ccccn2)[n-]n1.[Os+]. The van der Waals surface area contributed by atoms with E-state index in [4.69, 9.17) is 0 Å². The monoisotopic (exact) mass is 350 g/mol. The molecule has 0 aromatic carbocycles. The van der Waals surface area contributed by atoms with Crippen molar-refractivity contribution in [2.24, 2.45) is 0 Å². The molecule has 67 valence electrons. The maximum absolute atomic E-state index is 4.16. The first-order chi connectivity index (χ1) is 5.86. The molecule has 0 saturated carbocycles. The Bertz CT molecular complexity index is 369. The second-order valence-electron chi connectivity index (χ2n) is 2.59. The van der Waals surface area contributed by atoms with Crippen LogP contribution in [0.5, 0.6) is 0 Å². The van der Waals surface area contributed by atoms with E-state index in [1.165, 1.54) is 0 Å². The van der Waals surface area contributed by atoms with Crippen molar-refractivity contribution < 1.29 is 19.8 Å². The number of hydrogen-bond acceptors (Lipinski definition) is 2. The van der Waals surface area contributed by atoms with E-state index < -0.39 is 0 Å². The van der Waals surface area contributed by atoms with Crippen LogP contribution in [0.2, 0.25) is 0 Å². The molecule has 0 saturated heterocycles. The summed E-state index contributed by atoms with van der Waals surface area (Å²) in [5.41, 5.74) is 2.64. The molecule has 13 heavy (non-hydrogen) atoms. The van der Waals surface area contributed by atoms with Gasteiger partial charge in [-0.05, 0) is 19.1 Å². The summed E-state index contributed by atoms with van der Waals surface area (Å²) in [4.78, 5) is 4.16. The summed E-state index contributed by atoms with van der Waals surface area (Å²) >= 11 is 0. The van der Waals surface area contributed by atoms with E-state index in [0.717, 1.165) is 17.1 Å². The summed E-state index contributed by atoms with van der Waals surface area (Å²) in [6.45, 7) is 1.92. The molecule has 0 amide bonds. The van der Waals surface area contributed by atoms with Crippen molar-refractivity contribution in [1.29, 1.82) is 0 Å². The van der Waals surface area contributed by atoms with Gasteiger partial charge >= 0.3 is 19.8 Å². The fourth-order valence-electron chi connectivity index (χ4n) is 1.03. The number of aryl methyl sites for hydroxylation is 1. The van der Waals surface area contributed by atoms with Gasteiger partial charge in [0.15, 0.2) is 0 Å². The zero-order chi connectivity index (χ0) is 8.39. The van der Waals surface area contributed by atoms with Crippen LogP contribution in [0.25, 0.3) is 11.4 Å². The van der Waals surface area contributed by atoms with Crippen molar-refractivity contribution in [3.05, 3.63) is 36.2 Å². The topological polar surface area (TPSA) is 39.9 Å². The molecule has 0 unspecified atom stereocenters. The predicted molar refractivity (Wildman–Crippen MR) is 45.5 cm³/mol. The molecular formula is C9H8N3Os. The average Bonchev–Trinajstić information content (AvgIpc) is 2.54. The Morgan fingerprint density at radius 1 is 1.31 bits per heavy atom. The van der Waals surface area contributed by atoms with E-state index in [1.54, 1.807) is 6.20 Å². The van der Waals surface area contributed by atoms with Gasteiger partial charge in [-0.2, -0.15) is 0 Å². The van der Waals surface area contributed by atoms with Crippen LogP contribution in [0.15, 0.2) is 30.5 Å². The molecule has 2 aromatic heterocycles. The number of rotatable bonds is 1. The molecular weight excluding hydrogens is 340 g/mol. The summed E-state index contributed by atoms with van der Waals surface area (Å²) in [6.07, 6.45) is 1.75. The Balaban J connectivity index is 0.000000845. The minimum absolute atomic E-state index is 0. The third-order valence-corrected chi connectivity index (χ3v) is 1.59. The van der Waals surface area contributed by atoms with Gasteiger partial charge in [-0.15, -0.1) is 0 Å². The molecule has 3 nitrogen and oxygen atoms in total. The minimum Gasteiger partial charge on any atom is -0.574 e. The quantitative estimate of drug-likeness (QED) is 0.782. The van der Waals surface area contributed by atoms with Crippen LogP contribution in [0.1, 0.15) is 5.69 Å². The molecule has 0 fully saturated rings. The van der Waals surface area contributed by atoms with Gasteiger partial charge in [0.05, 0.1) is 0 Å². The van der Waals surface area contributed by atoms with Crippen LogP contribution in [-0.4, -0.2) is 10.1 Å². The molecule has 0 N–H and O–H groups in total. The largest absolute Gasteiger partial charge is 1.00 e. The van der Waals surface area contributed by atoms with Gasteiger partial charge in [0, 0.05) is 17.6 Å². The summed E-state index contributed by atoms with van der Waals surface area (Å²) < 4.78 is 0. The molecule has 0 bridgehead atoms. The van der Waals surface area contributed by atoms with Gasteiger partial charge in [0.25, 0.3) is 0 Å². The average molecular weight is 348 g/mol. The van der Waals surface area contributed by atoms with Gasteiger partial charge in [-0.25, -0.2) is 0 Å². The third-order valence-electron chi connectivity index (χ3n) is 1.59. The fourth-order valence-corrected chi connectivity index (χ4v) is 1.03. The van der Waals surface area contributed by atoms with Crippen LogP contribution in [0.3, 0.4) is 0 Å². The van der Waals surface area contributed by atoms with Crippen molar-refractivity contribution in [1.82, 2.24) is 15.2 Å². The van der Waals surface area contributed by atoms with Crippen LogP contribution >= 0.6 is 0 Å². The molecule has 0 aliphatic heterocycles. The Morgan fingerprint density at radius 2 is 2.15 bits per heavy atom. The van der Waals surface area contributed by atoms with Crippen molar-refractivity contribution in [2.45, 2.75) is 6.92 Å². The third kappa shape index (κ3) is 2.23. The summed E-state index contributed by atoms with van der Waals surface area (Å²) in [6, 6.07) is 7.66. The molecule has 0 aliphatic carbocycles. The Kier molecular flexibility index (Phi) is 3.33. The zero-order valence-electron chi connectivity index (χ0n) is 7.08. The molecule has 1 radical (unpaired) electrons. The van der Waals surface area contributed by atoms with E-state index in [-0.39, 0.29) is 19.8 Å². The summed E-state index contributed by atoms with van der Waals surface area (Å²) in [5, 5.41) is 7.88. The van der Waals surface area contributed by atoms with Crippen LogP contribution < -0.4 is 5.10 Å². The molecule has 2 rings (SSSR count). The molecule has 0 spiro atoms. The van der Waals surface area contributed by atoms with Crippen molar-refractivity contribution in [2.75, 3.05) is 0 Å². The number of aromatic nitrogens is 3. The Labute approximate surface area is 89.7 Å². The van der Waals surface area contributed by atoms with Crippen LogP contribution in [0, 0.1) is 6.92 Å². The van der Waals surface area contributed by atoms with Gasteiger partial charge in [-0.3, -0.25) is 4.98 Å². The summed E-state index contributed by atoms with van der Waals surface area (Å²) in [5.74, 6) is 0. The van der Waals surface area contributed by atoms with Gasteiger partial charge in [0.2, 0.25) is 0 Å². The van der Waals surface area contributed by atoms with Gasteiger partial charge in [-0.1, -0.05) is 17.8 Å². The number of nitrogens with zero attached hydrogens (tertiary/aromatic N) is 3. The van der Waals surface area contributed by atoms with Crippen molar-refractivity contribution >= 4 is 0 Å². The van der Waals surface area contributed by atoms with Gasteiger partial charge < -0.3 is 10.2 Å². The molecule has 0 aliphatic rings. The smallest absolute Gasteiger partial charge is 0.574 e. The van der Waals surface area contributed by atoms with Crippen molar-refractivity contribution in [3.8, 4) is 11.4 Å². The normalized spacial score (nSPS) is 9.31. The minimum atomic E-state index is 0. The predicted octanol–water partition coefficient (Wildman–Crippen LogP) is 1.41. The van der Waals surface area contributed by atoms with E-state index in [9.17, 15) is 0 Å². The fraction of sp³-hybridized carbons (Fsp3) is 0.111. The molecule has 0 atom stereocenters.